The molecule has 20 heavy (non-hydrogen) atoms. The van der Waals surface area contributed by atoms with Crippen LogP contribution in [0.1, 0.15) is 44.5 Å². The molecule has 1 fully saturated rings. The van der Waals surface area contributed by atoms with E-state index in [0.29, 0.717) is 34.6 Å². The van der Waals surface area contributed by atoms with Crippen LogP contribution in [0.25, 0.3) is 0 Å². The Morgan fingerprint density at radius 2 is 1.85 bits per heavy atom. The fraction of sp³-hybridized carbons (Fsp3) is 0.688. The fourth-order valence-electron chi connectivity index (χ4n) is 3.20. The number of hydrogen-bond acceptors (Lipinski definition) is 4. The van der Waals surface area contributed by atoms with Gasteiger partial charge in [0.25, 0.3) is 0 Å². The molecular formula is C16H26N2O2. The molecule has 4 heteroatoms. The van der Waals surface area contributed by atoms with Gasteiger partial charge in [-0.3, -0.25) is 4.98 Å². The van der Waals surface area contributed by atoms with Crippen LogP contribution in [-0.4, -0.2) is 21.7 Å². The van der Waals surface area contributed by atoms with Crippen molar-refractivity contribution in [3.8, 4) is 5.75 Å². The van der Waals surface area contributed by atoms with Gasteiger partial charge in [0.1, 0.15) is 5.75 Å². The highest BCUT2D eigenvalue weighted by Crippen LogP contribution is 2.67. The van der Waals surface area contributed by atoms with Crippen LogP contribution in [0.5, 0.6) is 5.75 Å². The average molecular weight is 278 g/mol. The summed E-state index contributed by atoms with van der Waals surface area (Å²) in [5.74, 6) is 0.830. The molecule has 0 unspecified atom stereocenters. The molecule has 1 heterocycles. The molecule has 1 aliphatic rings. The molecule has 4 nitrogen and oxygen atoms in total. The first kappa shape index (κ1) is 15.3. The molecule has 112 valence electrons. The summed E-state index contributed by atoms with van der Waals surface area (Å²) in [7, 11) is 0. The summed E-state index contributed by atoms with van der Waals surface area (Å²) in [5, 5.41) is 22.8. The number of aliphatic hydroxyl groups is 1. The van der Waals surface area contributed by atoms with E-state index in [4.69, 9.17) is 0 Å². The fourth-order valence-corrected chi connectivity index (χ4v) is 3.20. The Balaban J connectivity index is 2.01. The Morgan fingerprint density at radius 1 is 1.25 bits per heavy atom. The molecule has 0 aromatic carbocycles. The van der Waals surface area contributed by atoms with Gasteiger partial charge in [-0.2, -0.15) is 0 Å². The third-order valence-corrected chi connectivity index (χ3v) is 5.57. The lowest BCUT2D eigenvalue weighted by atomic mass is 10.0. The highest BCUT2D eigenvalue weighted by atomic mass is 16.3. The number of aromatic nitrogens is 1. The standard InChI is InChI=1S/C16H26N2O2/c1-10-14(20)12(11(9-19)6-18-10)7-17-8-13-15(2,3)16(13,4)5/h6,13,17,19-20H,7-9H2,1-5H3. The monoisotopic (exact) mass is 278 g/mol. The lowest BCUT2D eigenvalue weighted by molar-refractivity contribution is 0.278. The highest BCUT2D eigenvalue weighted by Gasteiger charge is 2.63. The van der Waals surface area contributed by atoms with Gasteiger partial charge in [-0.05, 0) is 30.2 Å². The number of aryl methyl sites for hydroxylation is 1. The van der Waals surface area contributed by atoms with Crippen LogP contribution in [0.3, 0.4) is 0 Å². The van der Waals surface area contributed by atoms with Crippen molar-refractivity contribution in [1.29, 1.82) is 0 Å². The zero-order valence-corrected chi connectivity index (χ0v) is 13.1. The van der Waals surface area contributed by atoms with Crippen molar-refractivity contribution < 1.29 is 10.2 Å². The lowest BCUT2D eigenvalue weighted by Gasteiger charge is -2.13. The maximum absolute atomic E-state index is 10.1. The second kappa shape index (κ2) is 5.01. The van der Waals surface area contributed by atoms with Gasteiger partial charge in [0, 0.05) is 23.9 Å². The van der Waals surface area contributed by atoms with Gasteiger partial charge in [0.05, 0.1) is 12.3 Å². The largest absolute Gasteiger partial charge is 0.506 e. The first-order chi connectivity index (χ1) is 9.23. The Bertz CT molecular complexity index is 495. The molecule has 0 atom stereocenters. The predicted octanol–water partition coefficient (Wildman–Crippen LogP) is 2.36. The van der Waals surface area contributed by atoms with Gasteiger partial charge in [0.15, 0.2) is 0 Å². The molecule has 0 bridgehead atoms. The zero-order chi connectivity index (χ0) is 15.1. The maximum atomic E-state index is 10.1. The minimum Gasteiger partial charge on any atom is -0.506 e. The van der Waals surface area contributed by atoms with Crippen LogP contribution in [0, 0.1) is 23.7 Å². The molecule has 0 spiro atoms. The normalized spacial score (nSPS) is 20.1. The Hall–Kier alpha value is -1.13. The molecule has 1 aromatic rings. The number of pyridine rings is 1. The van der Waals surface area contributed by atoms with Gasteiger partial charge in [-0.1, -0.05) is 27.7 Å². The summed E-state index contributed by atoms with van der Waals surface area (Å²) in [6, 6.07) is 0. The quantitative estimate of drug-likeness (QED) is 0.773. The van der Waals surface area contributed by atoms with Gasteiger partial charge in [0.2, 0.25) is 0 Å². The summed E-state index contributed by atoms with van der Waals surface area (Å²) in [5.41, 5.74) is 2.77. The van der Waals surface area contributed by atoms with Crippen LogP contribution >= 0.6 is 0 Å². The van der Waals surface area contributed by atoms with E-state index in [1.54, 1.807) is 13.1 Å². The van der Waals surface area contributed by atoms with Crippen LogP contribution in [-0.2, 0) is 13.2 Å². The highest BCUT2D eigenvalue weighted by molar-refractivity contribution is 5.40. The number of aromatic hydroxyl groups is 1. The zero-order valence-electron chi connectivity index (χ0n) is 13.1. The van der Waals surface area contributed by atoms with Gasteiger partial charge < -0.3 is 15.5 Å². The van der Waals surface area contributed by atoms with E-state index in [0.717, 1.165) is 12.1 Å². The SMILES string of the molecule is Cc1ncc(CO)c(CNCC2C(C)(C)C2(C)C)c1O. The van der Waals surface area contributed by atoms with E-state index in [9.17, 15) is 10.2 Å². The molecule has 1 aromatic heterocycles. The molecule has 0 aliphatic heterocycles. The summed E-state index contributed by atoms with van der Waals surface area (Å²) >= 11 is 0. The number of nitrogens with one attached hydrogen (secondary N) is 1. The molecule has 0 radical (unpaired) electrons. The Labute approximate surface area is 121 Å². The Kier molecular flexibility index (Phi) is 3.82. The van der Waals surface area contributed by atoms with Crippen molar-refractivity contribution in [2.45, 2.75) is 47.8 Å². The molecule has 1 saturated carbocycles. The smallest absolute Gasteiger partial charge is 0.141 e. The van der Waals surface area contributed by atoms with Crippen molar-refractivity contribution in [1.82, 2.24) is 10.3 Å². The average Bonchev–Trinajstić information content (AvgIpc) is 2.76. The van der Waals surface area contributed by atoms with Gasteiger partial charge in [-0.25, -0.2) is 0 Å². The first-order valence-corrected chi connectivity index (χ1v) is 7.21. The summed E-state index contributed by atoms with van der Waals surface area (Å²) in [6.45, 7) is 12.4. The number of rotatable bonds is 5. The van der Waals surface area contributed by atoms with Gasteiger partial charge in [-0.15, -0.1) is 0 Å². The number of nitrogens with zero attached hydrogens (tertiary/aromatic N) is 1. The van der Waals surface area contributed by atoms with Crippen molar-refractivity contribution in [3.63, 3.8) is 0 Å². The minimum atomic E-state index is -0.0989. The lowest BCUT2D eigenvalue weighted by Crippen LogP contribution is -2.20. The molecular weight excluding hydrogens is 252 g/mol. The molecule has 1 aliphatic carbocycles. The van der Waals surface area contributed by atoms with E-state index in [2.05, 4.69) is 38.0 Å². The summed E-state index contributed by atoms with van der Waals surface area (Å²) in [4.78, 5) is 4.07. The molecule has 2 rings (SSSR count). The molecule has 0 saturated heterocycles. The van der Waals surface area contributed by atoms with Crippen LogP contribution < -0.4 is 5.32 Å². The third-order valence-electron chi connectivity index (χ3n) is 5.57. The second-order valence-corrected chi connectivity index (χ2v) is 6.98. The van der Waals surface area contributed by atoms with Crippen LogP contribution in [0.15, 0.2) is 6.20 Å². The number of aliphatic hydroxyl groups excluding tert-OH is 1. The molecule has 0 amide bonds. The minimum absolute atomic E-state index is 0.0989. The second-order valence-electron chi connectivity index (χ2n) is 6.98. The maximum Gasteiger partial charge on any atom is 0.141 e. The van der Waals surface area contributed by atoms with E-state index in [1.807, 2.05) is 0 Å². The van der Waals surface area contributed by atoms with Crippen molar-refractivity contribution in [3.05, 3.63) is 23.0 Å². The third kappa shape index (κ3) is 2.31. The van der Waals surface area contributed by atoms with Crippen molar-refractivity contribution in [2.75, 3.05) is 6.54 Å². The summed E-state index contributed by atoms with van der Waals surface area (Å²) < 4.78 is 0. The number of hydrogen-bond donors (Lipinski definition) is 3. The molecule has 3 N–H and O–H groups in total. The van der Waals surface area contributed by atoms with E-state index in [1.165, 1.54) is 0 Å². The van der Waals surface area contributed by atoms with E-state index in [-0.39, 0.29) is 12.4 Å². The Morgan fingerprint density at radius 3 is 2.35 bits per heavy atom. The predicted molar refractivity (Wildman–Crippen MR) is 79.3 cm³/mol. The van der Waals surface area contributed by atoms with E-state index < -0.39 is 0 Å². The van der Waals surface area contributed by atoms with E-state index >= 15 is 0 Å². The topological polar surface area (TPSA) is 65.4 Å². The van der Waals surface area contributed by atoms with Gasteiger partial charge >= 0.3 is 0 Å². The first-order valence-electron chi connectivity index (χ1n) is 7.21. The van der Waals surface area contributed by atoms with Crippen LogP contribution in [0.4, 0.5) is 0 Å². The van der Waals surface area contributed by atoms with Crippen LogP contribution in [0.2, 0.25) is 0 Å². The summed E-state index contributed by atoms with van der Waals surface area (Å²) in [6.07, 6.45) is 1.64. The van der Waals surface area contributed by atoms with Crippen molar-refractivity contribution in [2.24, 2.45) is 16.7 Å². The van der Waals surface area contributed by atoms with Crippen molar-refractivity contribution >= 4 is 0 Å².